The summed E-state index contributed by atoms with van der Waals surface area (Å²) in [6.07, 6.45) is 1.84. The van der Waals surface area contributed by atoms with Crippen LogP contribution in [0.3, 0.4) is 0 Å². The van der Waals surface area contributed by atoms with Crippen molar-refractivity contribution < 1.29 is 93.9 Å². The third kappa shape index (κ3) is 12.6. The van der Waals surface area contributed by atoms with E-state index in [0.717, 1.165) is 74.4 Å². The molecule has 4 aliphatic heterocycles. The second-order valence-electron chi connectivity index (χ2n) is 23.5. The summed E-state index contributed by atoms with van der Waals surface area (Å²) in [5.74, 6) is 0.881. The van der Waals surface area contributed by atoms with Crippen LogP contribution in [0, 0.1) is 35.5 Å². The van der Waals surface area contributed by atoms with Gasteiger partial charge in [-0.1, -0.05) is 0 Å². The molecule has 490 valence electrons. The zero-order valence-electron chi connectivity index (χ0n) is 53.2. The fourth-order valence-electron chi connectivity index (χ4n) is 15.5. The standard InChI is InChI=1S/2C33H40N2O9.O2S/c2*1-38-19-7-8-20-21-9-10-35-16-18-13-27(44-32(36)17-11-25(39-2)30(41-4)26(12-17)40-3)31(42-5)28(33(37)43-6)22(18)15-24(35)29(21)34-23(20)14-19;1-3-2/h2*7-8,11-12,14,18,22,24,27-28,31,34H,9-10,13,15-16H2,1-6H3;/t2*18-,22+,24-,27-,28+,31+;/m11./s1. The average Bonchev–Trinajstić information content (AvgIpc) is 1.75. The zero-order valence-corrected chi connectivity index (χ0v) is 54.1. The Labute approximate surface area is 531 Å². The molecule has 2 aliphatic carbocycles. The summed E-state index contributed by atoms with van der Waals surface area (Å²) < 4.78 is 94.8. The van der Waals surface area contributed by atoms with Gasteiger partial charge in [0, 0.05) is 85.7 Å². The number of aromatic nitrogens is 2. The Morgan fingerprint density at radius 2 is 0.835 bits per heavy atom. The van der Waals surface area contributed by atoms with Gasteiger partial charge >= 0.3 is 35.4 Å². The van der Waals surface area contributed by atoms with E-state index >= 15 is 0 Å². The maximum absolute atomic E-state index is 13.5. The van der Waals surface area contributed by atoms with Gasteiger partial charge < -0.3 is 76.3 Å². The van der Waals surface area contributed by atoms with Crippen LogP contribution in [0.25, 0.3) is 21.8 Å². The molecule has 2 saturated heterocycles. The molecule has 2 N–H and O–H groups in total. The first-order valence-electron chi connectivity index (χ1n) is 30.1. The van der Waals surface area contributed by atoms with Gasteiger partial charge in [0.1, 0.15) is 35.9 Å². The van der Waals surface area contributed by atoms with Crippen LogP contribution >= 0.6 is 0 Å². The SMILES string of the molecule is COC(=O)[C@H]1[C@H]2C[C@@H]3c4[nH]c5cc(OC)ccc5c4CCN3C[C@H]2C[C@@H](OC(=O)c2cc(OC)c(OC)c(OC)c2)[C@@H]1OC.COC(=O)[C@H]1[C@H]2C[C@@H]3c4[nH]c5cc(OC)ccc5c4CCN3C[C@H]2C[C@@H](OC(=O)c2cc(OC)c(OC)c(OC)c2)[C@@H]1OC.O=S=O. The maximum Gasteiger partial charge on any atom is 0.338 e. The quantitative estimate of drug-likeness (QED) is 0.0695. The van der Waals surface area contributed by atoms with E-state index in [2.05, 4.69) is 31.9 Å². The van der Waals surface area contributed by atoms with Crippen molar-refractivity contribution in [2.75, 3.05) is 111 Å². The average molecular weight is 1280 g/mol. The molecule has 0 unspecified atom stereocenters. The molecule has 4 aromatic carbocycles. The number of nitrogens with one attached hydrogen (secondary N) is 2. The zero-order chi connectivity index (χ0) is 64.9. The molecule has 12 atom stereocenters. The van der Waals surface area contributed by atoms with E-state index in [0.29, 0.717) is 47.3 Å². The van der Waals surface area contributed by atoms with Gasteiger partial charge in [0.2, 0.25) is 11.5 Å². The Bertz CT molecular complexity index is 3400. The first kappa shape index (κ1) is 65.8. The Hall–Kier alpha value is -8.10. The number of carbonyl (C=O) groups excluding carboxylic acids is 4. The van der Waals surface area contributed by atoms with Crippen molar-refractivity contribution in [1.82, 2.24) is 19.8 Å². The molecule has 12 rings (SSSR count). The van der Waals surface area contributed by atoms with Crippen LogP contribution in [0.15, 0.2) is 60.7 Å². The summed E-state index contributed by atoms with van der Waals surface area (Å²) in [4.78, 5) is 66.3. The van der Waals surface area contributed by atoms with Crippen LogP contribution in [-0.2, 0) is 62.4 Å². The molecule has 0 spiro atoms. The minimum Gasteiger partial charge on any atom is -0.497 e. The van der Waals surface area contributed by atoms with E-state index in [1.54, 1.807) is 52.7 Å². The Balaban J connectivity index is 0.000000192. The highest BCUT2D eigenvalue weighted by atomic mass is 32.1. The first-order valence-corrected chi connectivity index (χ1v) is 30.8. The summed E-state index contributed by atoms with van der Waals surface area (Å²) >= 11 is -0.750. The predicted molar refractivity (Wildman–Crippen MR) is 330 cm³/mol. The minimum absolute atomic E-state index is 0.0170. The van der Waals surface area contributed by atoms with Crippen molar-refractivity contribution in [2.24, 2.45) is 35.5 Å². The molecule has 25 heteroatoms. The number of fused-ring (bicyclic) bond motifs is 12. The molecule has 4 fully saturated rings. The first-order chi connectivity index (χ1) is 44.1. The molecule has 91 heavy (non-hydrogen) atoms. The molecule has 0 radical (unpaired) electrons. The summed E-state index contributed by atoms with van der Waals surface area (Å²) in [6.45, 7) is 3.37. The van der Waals surface area contributed by atoms with Crippen LogP contribution in [0.5, 0.6) is 46.0 Å². The lowest BCUT2D eigenvalue weighted by atomic mass is 9.63. The smallest absolute Gasteiger partial charge is 0.338 e. The number of rotatable bonds is 16. The van der Waals surface area contributed by atoms with Gasteiger partial charge in [0.15, 0.2) is 23.0 Å². The van der Waals surface area contributed by atoms with E-state index < -0.39 is 59.8 Å². The Kier molecular flexibility index (Phi) is 20.7. The van der Waals surface area contributed by atoms with Crippen molar-refractivity contribution in [3.05, 3.63) is 94.3 Å². The van der Waals surface area contributed by atoms with Gasteiger partial charge in [-0.15, -0.1) is 0 Å². The number of carbonyl (C=O) groups is 4. The topological polar surface area (TPSA) is 270 Å². The number of hydrogen-bond donors (Lipinski definition) is 2. The van der Waals surface area contributed by atoms with Crippen LogP contribution in [0.4, 0.5) is 0 Å². The molecule has 0 bridgehead atoms. The Morgan fingerprint density at radius 1 is 0.473 bits per heavy atom. The number of aromatic amines is 2. The monoisotopic (exact) mass is 1280 g/mol. The van der Waals surface area contributed by atoms with Crippen molar-refractivity contribution in [2.45, 2.75) is 75.0 Å². The highest BCUT2D eigenvalue weighted by Crippen LogP contribution is 2.53. The number of hydrogen-bond acceptors (Lipinski definition) is 22. The molecule has 2 saturated carbocycles. The van der Waals surface area contributed by atoms with Crippen molar-refractivity contribution >= 4 is 57.3 Å². The molecule has 6 heterocycles. The van der Waals surface area contributed by atoms with Gasteiger partial charge in [0.25, 0.3) is 0 Å². The second kappa shape index (κ2) is 28.6. The number of esters is 4. The maximum atomic E-state index is 13.5. The lowest BCUT2D eigenvalue weighted by Gasteiger charge is -2.52. The fraction of sp³-hybridized carbons (Fsp3) is 0.515. The molecule has 0 amide bonds. The summed E-state index contributed by atoms with van der Waals surface area (Å²) in [5.41, 5.74) is 7.65. The van der Waals surface area contributed by atoms with Crippen LogP contribution in [0.1, 0.15) is 81.0 Å². The molecule has 24 nitrogen and oxygen atoms in total. The summed E-state index contributed by atoms with van der Waals surface area (Å²) in [6, 6.07) is 18.8. The highest BCUT2D eigenvalue weighted by Gasteiger charge is 2.56. The number of benzene rings is 4. The lowest BCUT2D eigenvalue weighted by Crippen LogP contribution is -2.58. The van der Waals surface area contributed by atoms with Crippen LogP contribution < -0.4 is 37.9 Å². The number of methoxy groups -OCH3 is 12. The van der Waals surface area contributed by atoms with Gasteiger partial charge in [-0.05, 0) is 122 Å². The number of ether oxygens (including phenoxy) is 14. The van der Waals surface area contributed by atoms with Crippen molar-refractivity contribution in [3.8, 4) is 46.0 Å². The summed E-state index contributed by atoms with van der Waals surface area (Å²) in [7, 11) is 18.2. The van der Waals surface area contributed by atoms with E-state index in [4.69, 9.17) is 74.7 Å². The lowest BCUT2D eigenvalue weighted by molar-refractivity contribution is -0.176. The fourth-order valence-corrected chi connectivity index (χ4v) is 15.5. The van der Waals surface area contributed by atoms with Gasteiger partial charge in [-0.2, -0.15) is 8.42 Å². The van der Waals surface area contributed by atoms with Gasteiger partial charge in [-0.25, -0.2) is 9.59 Å². The molecular formula is C66H80N4O20S. The van der Waals surface area contributed by atoms with Crippen molar-refractivity contribution in [3.63, 3.8) is 0 Å². The minimum atomic E-state index is -0.750. The number of H-pyrrole nitrogens is 2. The highest BCUT2D eigenvalue weighted by molar-refractivity contribution is 7.51. The van der Waals surface area contributed by atoms with E-state index in [-0.39, 0.29) is 58.8 Å². The van der Waals surface area contributed by atoms with Gasteiger partial charge in [0.05, 0.1) is 106 Å². The van der Waals surface area contributed by atoms with E-state index in [9.17, 15) is 19.2 Å². The number of piperidine rings is 2. The second-order valence-corrected chi connectivity index (χ2v) is 23.6. The largest absolute Gasteiger partial charge is 0.497 e. The van der Waals surface area contributed by atoms with Crippen LogP contribution in [-0.4, -0.2) is 188 Å². The molecule has 6 aliphatic rings. The van der Waals surface area contributed by atoms with Gasteiger partial charge in [-0.3, -0.25) is 19.4 Å². The molecule has 2 aromatic heterocycles. The van der Waals surface area contributed by atoms with Crippen molar-refractivity contribution in [1.29, 1.82) is 0 Å². The normalized spacial score (nSPS) is 25.4. The summed E-state index contributed by atoms with van der Waals surface area (Å²) in [5, 5.41) is 2.42. The van der Waals surface area contributed by atoms with E-state index in [1.165, 1.54) is 90.2 Å². The number of nitrogens with zero attached hydrogens (tertiary/aromatic N) is 2. The predicted octanol–water partition coefficient (Wildman–Crippen LogP) is 7.67. The van der Waals surface area contributed by atoms with E-state index in [1.807, 2.05) is 24.3 Å². The third-order valence-corrected chi connectivity index (χ3v) is 19.5. The molecule has 6 aromatic rings. The Morgan fingerprint density at radius 3 is 1.14 bits per heavy atom. The van der Waals surface area contributed by atoms with Crippen LogP contribution in [0.2, 0.25) is 0 Å². The molecular weight excluding hydrogens is 1200 g/mol. The third-order valence-electron chi connectivity index (χ3n) is 19.5.